The topological polar surface area (TPSA) is 66.5 Å². The van der Waals surface area contributed by atoms with Crippen LogP contribution in [0.1, 0.15) is 27.0 Å². The summed E-state index contributed by atoms with van der Waals surface area (Å²) in [6.45, 7) is 1.91. The van der Waals surface area contributed by atoms with Crippen LogP contribution in [0.2, 0.25) is 0 Å². The summed E-state index contributed by atoms with van der Waals surface area (Å²) in [7, 11) is 0. The van der Waals surface area contributed by atoms with Crippen molar-refractivity contribution in [1.82, 2.24) is 10.2 Å². The highest BCUT2D eigenvalue weighted by molar-refractivity contribution is 6.23. The molecule has 5 nitrogen and oxygen atoms in total. The molecule has 1 fully saturated rings. The number of carbonyl (C=O) groups excluding carboxylic acids is 3. The number of imide groups is 3. The Kier molecular flexibility index (Phi) is 4.59. The predicted molar refractivity (Wildman–Crippen MR) is 122 cm³/mol. The number of amides is 4. The molecule has 1 aliphatic rings. The van der Waals surface area contributed by atoms with Crippen molar-refractivity contribution in [2.24, 2.45) is 0 Å². The molecule has 0 unspecified atom stereocenters. The van der Waals surface area contributed by atoms with Gasteiger partial charge < -0.3 is 5.32 Å². The van der Waals surface area contributed by atoms with Gasteiger partial charge in [-0.3, -0.25) is 9.59 Å². The Balaban J connectivity index is 1.63. The molecular weight excluding hydrogens is 400 g/mol. The predicted octanol–water partition coefficient (Wildman–Crippen LogP) is 4.78. The van der Waals surface area contributed by atoms with Gasteiger partial charge in [-0.25, -0.2) is 4.79 Å². The number of hydrogen-bond donors (Lipinski definition) is 1. The van der Waals surface area contributed by atoms with E-state index in [1.165, 1.54) is 0 Å². The molecule has 0 saturated carbocycles. The molecule has 0 spiro atoms. The molecule has 156 valence electrons. The standard InChI is InChI=1S/C27H20N2O3/c1-18-16-20(17-19-10-8-9-15-23(18)19)24(30)29-25(31)27(28-26(29)32,21-11-4-2-5-12-21)22-13-6-3-7-14-22/h2-17H,1H3,(H,28,32). The van der Waals surface area contributed by atoms with E-state index in [-0.39, 0.29) is 0 Å². The van der Waals surface area contributed by atoms with Crippen LogP contribution >= 0.6 is 0 Å². The smallest absolute Gasteiger partial charge is 0.315 e. The highest BCUT2D eigenvalue weighted by Gasteiger charge is 2.55. The molecular formula is C27H20N2O3. The molecule has 1 aliphatic heterocycles. The molecule has 4 aromatic rings. The van der Waals surface area contributed by atoms with Crippen molar-refractivity contribution in [2.45, 2.75) is 12.5 Å². The number of urea groups is 1. The van der Waals surface area contributed by atoms with E-state index >= 15 is 0 Å². The van der Waals surface area contributed by atoms with Gasteiger partial charge in [-0.05, 0) is 46.5 Å². The van der Waals surface area contributed by atoms with Gasteiger partial charge in [0.25, 0.3) is 11.8 Å². The molecule has 0 radical (unpaired) electrons. The Morgan fingerprint density at radius 3 is 1.97 bits per heavy atom. The average molecular weight is 420 g/mol. The number of aryl methyl sites for hydroxylation is 1. The Labute approximate surface area is 185 Å². The van der Waals surface area contributed by atoms with Crippen LogP contribution in [0.5, 0.6) is 0 Å². The summed E-state index contributed by atoms with van der Waals surface area (Å²) in [4.78, 5) is 41.1. The van der Waals surface area contributed by atoms with Crippen molar-refractivity contribution in [3.8, 4) is 0 Å². The van der Waals surface area contributed by atoms with Gasteiger partial charge in [0.15, 0.2) is 5.54 Å². The van der Waals surface area contributed by atoms with Crippen molar-refractivity contribution >= 4 is 28.6 Å². The minimum atomic E-state index is -1.47. The molecule has 4 amide bonds. The van der Waals surface area contributed by atoms with E-state index in [4.69, 9.17) is 0 Å². The molecule has 0 aromatic heterocycles. The number of hydrogen-bond acceptors (Lipinski definition) is 3. The molecule has 4 aromatic carbocycles. The van der Waals surface area contributed by atoms with Gasteiger partial charge in [0.2, 0.25) is 0 Å². The normalized spacial score (nSPS) is 15.1. The molecule has 1 heterocycles. The Bertz CT molecular complexity index is 1320. The summed E-state index contributed by atoms with van der Waals surface area (Å²) in [6, 6.07) is 28.4. The van der Waals surface area contributed by atoms with Gasteiger partial charge in [-0.1, -0.05) is 84.9 Å². The fraction of sp³-hybridized carbons (Fsp3) is 0.0741. The third-order valence-corrected chi connectivity index (χ3v) is 5.95. The average Bonchev–Trinajstić information content (AvgIpc) is 3.10. The number of rotatable bonds is 3. The quantitative estimate of drug-likeness (QED) is 0.383. The minimum absolute atomic E-state index is 0.293. The van der Waals surface area contributed by atoms with Crippen molar-refractivity contribution in [1.29, 1.82) is 0 Å². The number of fused-ring (bicyclic) bond motifs is 1. The van der Waals surface area contributed by atoms with Crippen LogP contribution in [0.15, 0.2) is 97.1 Å². The van der Waals surface area contributed by atoms with Gasteiger partial charge in [0.05, 0.1) is 0 Å². The first kappa shape index (κ1) is 19.7. The van der Waals surface area contributed by atoms with E-state index in [0.29, 0.717) is 16.7 Å². The summed E-state index contributed by atoms with van der Waals surface area (Å²) in [5, 5.41) is 4.71. The maximum atomic E-state index is 13.8. The van der Waals surface area contributed by atoms with Gasteiger partial charge in [-0.15, -0.1) is 0 Å². The third-order valence-electron chi connectivity index (χ3n) is 5.95. The number of benzene rings is 4. The van der Waals surface area contributed by atoms with E-state index in [1.807, 2.05) is 43.3 Å². The van der Waals surface area contributed by atoms with Gasteiger partial charge in [0.1, 0.15) is 0 Å². The maximum absolute atomic E-state index is 13.8. The summed E-state index contributed by atoms with van der Waals surface area (Å²) in [6.07, 6.45) is 0. The lowest BCUT2D eigenvalue weighted by atomic mass is 9.82. The Hall–Kier alpha value is -4.25. The monoisotopic (exact) mass is 420 g/mol. The van der Waals surface area contributed by atoms with Gasteiger partial charge in [0, 0.05) is 5.56 Å². The van der Waals surface area contributed by atoms with Crippen molar-refractivity contribution in [3.63, 3.8) is 0 Å². The lowest BCUT2D eigenvalue weighted by molar-refractivity contribution is -0.128. The highest BCUT2D eigenvalue weighted by atomic mass is 16.2. The van der Waals surface area contributed by atoms with Crippen molar-refractivity contribution < 1.29 is 14.4 Å². The molecule has 0 atom stereocenters. The van der Waals surface area contributed by atoms with Crippen LogP contribution in [0.4, 0.5) is 4.79 Å². The second kappa shape index (κ2) is 7.46. The Morgan fingerprint density at radius 2 is 1.34 bits per heavy atom. The van der Waals surface area contributed by atoms with Gasteiger partial charge >= 0.3 is 6.03 Å². The van der Waals surface area contributed by atoms with E-state index in [9.17, 15) is 14.4 Å². The van der Waals surface area contributed by atoms with Crippen LogP contribution in [0, 0.1) is 6.92 Å². The molecule has 5 heteroatoms. The summed E-state index contributed by atoms with van der Waals surface area (Å²) in [5.74, 6) is -1.26. The van der Waals surface area contributed by atoms with E-state index in [1.54, 1.807) is 60.7 Å². The van der Waals surface area contributed by atoms with Crippen molar-refractivity contribution in [3.05, 3.63) is 119 Å². The first-order valence-corrected chi connectivity index (χ1v) is 10.3. The van der Waals surface area contributed by atoms with Crippen LogP contribution in [0.25, 0.3) is 10.8 Å². The molecule has 5 rings (SSSR count). The zero-order valence-electron chi connectivity index (χ0n) is 17.4. The SMILES string of the molecule is Cc1cc(C(=O)N2C(=O)NC(c3ccccc3)(c3ccccc3)C2=O)cc2ccccc12. The van der Waals surface area contributed by atoms with Crippen LogP contribution in [-0.4, -0.2) is 22.7 Å². The van der Waals surface area contributed by atoms with E-state index in [0.717, 1.165) is 21.2 Å². The van der Waals surface area contributed by atoms with E-state index < -0.39 is 23.4 Å². The lowest BCUT2D eigenvalue weighted by Crippen LogP contribution is -2.45. The van der Waals surface area contributed by atoms with Crippen molar-refractivity contribution in [2.75, 3.05) is 0 Å². The lowest BCUT2D eigenvalue weighted by Gasteiger charge is -2.27. The molecule has 0 bridgehead atoms. The highest BCUT2D eigenvalue weighted by Crippen LogP contribution is 2.36. The summed E-state index contributed by atoms with van der Waals surface area (Å²) >= 11 is 0. The second-order valence-electron chi connectivity index (χ2n) is 7.87. The van der Waals surface area contributed by atoms with E-state index in [2.05, 4.69) is 5.32 Å². The van der Waals surface area contributed by atoms with Crippen LogP contribution in [0.3, 0.4) is 0 Å². The molecule has 1 saturated heterocycles. The minimum Gasteiger partial charge on any atom is -0.315 e. The second-order valence-corrected chi connectivity index (χ2v) is 7.87. The largest absolute Gasteiger partial charge is 0.332 e. The summed E-state index contributed by atoms with van der Waals surface area (Å²) in [5.41, 5.74) is 0.905. The third kappa shape index (κ3) is 2.90. The molecule has 0 aliphatic carbocycles. The fourth-order valence-electron chi connectivity index (χ4n) is 4.40. The fourth-order valence-corrected chi connectivity index (χ4v) is 4.40. The number of nitrogens with one attached hydrogen (secondary N) is 1. The number of carbonyl (C=O) groups is 3. The Morgan fingerprint density at radius 1 is 0.781 bits per heavy atom. The zero-order valence-corrected chi connectivity index (χ0v) is 17.4. The zero-order chi connectivity index (χ0) is 22.3. The first-order chi connectivity index (χ1) is 15.5. The molecule has 1 N–H and O–H groups in total. The molecule has 32 heavy (non-hydrogen) atoms. The van der Waals surface area contributed by atoms with Gasteiger partial charge in [-0.2, -0.15) is 4.90 Å². The van der Waals surface area contributed by atoms with Crippen LogP contribution < -0.4 is 5.32 Å². The first-order valence-electron chi connectivity index (χ1n) is 10.3. The number of nitrogens with zero attached hydrogens (tertiary/aromatic N) is 1. The summed E-state index contributed by atoms with van der Waals surface area (Å²) < 4.78 is 0. The van der Waals surface area contributed by atoms with Crippen LogP contribution in [-0.2, 0) is 10.3 Å². The maximum Gasteiger partial charge on any atom is 0.332 e.